The summed E-state index contributed by atoms with van der Waals surface area (Å²) >= 11 is 1.85. The predicted molar refractivity (Wildman–Crippen MR) is 225 cm³/mol. The first-order chi connectivity index (χ1) is 23.7. The SMILES string of the molecule is CC(C)C(C(=O)/C=C(\O)C(C(C)C)C(C)C)C(C)C.Cc1cc2[c-]c(-c3ncnc4c3sc3c([Si](C)(C)C)cccc34)cc(C(C)C)c2cc1C.[Ir]. The Morgan fingerprint density at radius 2 is 1.37 bits per heavy atom. The molecule has 0 saturated carbocycles. The molecule has 0 saturated heterocycles. The Hall–Kier alpha value is -2.70. The van der Waals surface area contributed by atoms with E-state index < -0.39 is 8.07 Å². The van der Waals surface area contributed by atoms with E-state index in [1.54, 1.807) is 6.33 Å². The van der Waals surface area contributed by atoms with Crippen LogP contribution in [0.4, 0.5) is 0 Å². The van der Waals surface area contributed by atoms with Crippen LogP contribution in [0.3, 0.4) is 0 Å². The Bertz CT molecular complexity index is 2040. The van der Waals surface area contributed by atoms with Crippen molar-refractivity contribution in [1.82, 2.24) is 9.97 Å². The number of aryl methyl sites for hydroxylation is 2. The second kappa shape index (κ2) is 17.6. The molecule has 0 unspecified atom stereocenters. The monoisotopic (exact) mass is 914 g/mol. The summed E-state index contributed by atoms with van der Waals surface area (Å²) in [7, 11) is -1.47. The van der Waals surface area contributed by atoms with Crippen molar-refractivity contribution in [3.05, 3.63) is 77.3 Å². The number of allylic oxidation sites excluding steroid dienone is 2. The third-order valence-electron chi connectivity index (χ3n) is 10.3. The number of rotatable bonds is 10. The number of aliphatic hydroxyl groups excluding tert-OH is 1. The van der Waals surface area contributed by atoms with E-state index in [9.17, 15) is 9.90 Å². The minimum Gasteiger partial charge on any atom is -0.512 e. The number of benzene rings is 3. The van der Waals surface area contributed by atoms with Gasteiger partial charge in [0.25, 0.3) is 0 Å². The van der Waals surface area contributed by atoms with Gasteiger partial charge in [-0.3, -0.25) is 9.78 Å². The minimum absolute atomic E-state index is 0. The van der Waals surface area contributed by atoms with Gasteiger partial charge in [0.1, 0.15) is 6.33 Å². The topological polar surface area (TPSA) is 63.1 Å². The van der Waals surface area contributed by atoms with Gasteiger partial charge < -0.3 is 5.11 Å². The van der Waals surface area contributed by atoms with Gasteiger partial charge in [0, 0.05) is 58.5 Å². The maximum atomic E-state index is 12.3. The molecule has 0 amide bonds. The summed E-state index contributed by atoms with van der Waals surface area (Å²) in [5.74, 6) is 2.05. The number of hydrogen-bond donors (Lipinski definition) is 1. The van der Waals surface area contributed by atoms with Crippen molar-refractivity contribution in [3.63, 3.8) is 0 Å². The van der Waals surface area contributed by atoms with Gasteiger partial charge in [-0.05, 0) is 48.6 Å². The Morgan fingerprint density at radius 1 is 0.788 bits per heavy atom. The number of nitrogens with zero attached hydrogens (tertiary/aromatic N) is 2. The Morgan fingerprint density at radius 3 is 1.90 bits per heavy atom. The number of thiophene rings is 1. The molecule has 0 aliphatic rings. The largest absolute Gasteiger partial charge is 0.512 e. The van der Waals surface area contributed by atoms with E-state index in [1.807, 2.05) is 11.3 Å². The Kier molecular flexibility index (Phi) is 14.8. The fourth-order valence-corrected chi connectivity index (χ4v) is 11.4. The smallest absolute Gasteiger partial charge is 0.162 e. The molecule has 1 N–H and O–H groups in total. The van der Waals surface area contributed by atoms with Gasteiger partial charge >= 0.3 is 0 Å². The molecule has 3 aromatic carbocycles. The first kappa shape index (κ1) is 43.7. The van der Waals surface area contributed by atoms with Crippen LogP contribution in [-0.4, -0.2) is 28.9 Å². The maximum absolute atomic E-state index is 12.3. The number of aliphatic hydroxyl groups is 1. The molecule has 5 aromatic rings. The molecule has 2 heterocycles. The van der Waals surface area contributed by atoms with Crippen LogP contribution in [0.25, 0.3) is 42.3 Å². The summed E-state index contributed by atoms with van der Waals surface area (Å²) in [6.45, 7) is 32.7. The van der Waals surface area contributed by atoms with Crippen LogP contribution in [0.15, 0.2) is 54.6 Å². The summed E-state index contributed by atoms with van der Waals surface area (Å²) < 4.78 is 2.54. The summed E-state index contributed by atoms with van der Waals surface area (Å²) in [6, 6.07) is 17.3. The summed E-state index contributed by atoms with van der Waals surface area (Å²) in [4.78, 5) is 21.9. The minimum atomic E-state index is -1.47. The standard InChI is InChI=1S/C28H29N2SSi.C17H32O2.Ir/c1-16(2)22-14-20(13-19-11-17(3)18(4)12-23(19)22)25-28-26(30-15-29-25)21-9-8-10-24(27(21)31-28)32(5,6)7;1-10(2)16(11(3)4)14(18)9-15(19)17(12(5)6)13(7)8;/h8-12,14-16H,1-7H3;9-13,16-18H,1-8H3;/q-1;;/b;14-9-;. The fourth-order valence-electron chi connectivity index (χ4n) is 7.78. The zero-order valence-electron chi connectivity index (χ0n) is 34.2. The Labute approximate surface area is 332 Å². The van der Waals surface area contributed by atoms with Crippen LogP contribution < -0.4 is 5.19 Å². The van der Waals surface area contributed by atoms with Gasteiger partial charge in [-0.25, -0.2) is 4.98 Å². The molecule has 0 fully saturated rings. The summed E-state index contributed by atoms with van der Waals surface area (Å²) in [5.41, 5.74) is 7.11. The van der Waals surface area contributed by atoms with E-state index in [0.29, 0.717) is 29.6 Å². The van der Waals surface area contributed by atoms with Crippen molar-refractivity contribution in [2.45, 2.75) is 109 Å². The zero-order valence-corrected chi connectivity index (χ0v) is 38.4. The number of ketones is 1. The van der Waals surface area contributed by atoms with Crippen molar-refractivity contribution >= 4 is 61.5 Å². The summed E-state index contributed by atoms with van der Waals surface area (Å²) in [5, 5.41) is 15.5. The van der Waals surface area contributed by atoms with Crippen LogP contribution in [0.1, 0.15) is 91.8 Å². The molecule has 0 bridgehead atoms. The Balaban J connectivity index is 0.000000317. The quantitative estimate of drug-likeness (QED) is 0.0656. The predicted octanol–water partition coefficient (Wildman–Crippen LogP) is 12.6. The molecule has 52 heavy (non-hydrogen) atoms. The van der Waals surface area contributed by atoms with Crippen LogP contribution in [-0.2, 0) is 24.9 Å². The van der Waals surface area contributed by atoms with E-state index >= 15 is 0 Å². The van der Waals surface area contributed by atoms with Crippen molar-refractivity contribution in [1.29, 1.82) is 0 Å². The molecule has 7 heteroatoms. The van der Waals surface area contributed by atoms with Crippen molar-refractivity contribution < 1.29 is 30.0 Å². The van der Waals surface area contributed by atoms with Crippen LogP contribution >= 0.6 is 11.3 Å². The van der Waals surface area contributed by atoms with Gasteiger partial charge in [-0.2, -0.15) is 0 Å². The molecule has 4 nitrogen and oxygen atoms in total. The normalized spacial score (nSPS) is 12.7. The van der Waals surface area contributed by atoms with Crippen molar-refractivity contribution in [2.24, 2.45) is 35.5 Å². The number of hydrogen-bond acceptors (Lipinski definition) is 5. The molecule has 283 valence electrons. The van der Waals surface area contributed by atoms with E-state index in [-0.39, 0.29) is 43.5 Å². The van der Waals surface area contributed by atoms with E-state index in [0.717, 1.165) is 16.8 Å². The fraction of sp³-hybridized carbons (Fsp3) is 0.489. The zero-order chi connectivity index (χ0) is 38.1. The number of aromatic nitrogens is 2. The van der Waals surface area contributed by atoms with E-state index in [4.69, 9.17) is 9.97 Å². The van der Waals surface area contributed by atoms with Gasteiger partial charge in [0.2, 0.25) is 0 Å². The third kappa shape index (κ3) is 9.50. The molecule has 0 aliphatic carbocycles. The second-order valence-electron chi connectivity index (χ2n) is 17.2. The number of fused-ring (bicyclic) bond motifs is 4. The molecular weight excluding hydrogens is 853 g/mol. The number of carbonyl (C=O) groups is 1. The molecule has 2 aromatic heterocycles. The maximum Gasteiger partial charge on any atom is 0.162 e. The summed E-state index contributed by atoms with van der Waals surface area (Å²) in [6.07, 6.45) is 3.20. The molecule has 0 spiro atoms. The third-order valence-corrected chi connectivity index (χ3v) is 13.8. The molecule has 5 rings (SSSR count). The molecule has 0 atom stereocenters. The van der Waals surface area contributed by atoms with E-state index in [1.165, 1.54) is 53.5 Å². The number of carbonyl (C=O) groups excluding carboxylic acids is 1. The molecular formula is C45H61IrN2O2SSi-. The van der Waals surface area contributed by atoms with Crippen LogP contribution in [0.2, 0.25) is 19.6 Å². The average Bonchev–Trinajstić information content (AvgIpc) is 3.39. The van der Waals surface area contributed by atoms with Crippen molar-refractivity contribution in [3.8, 4) is 11.3 Å². The van der Waals surface area contributed by atoms with E-state index in [2.05, 4.69) is 145 Å². The average molecular weight is 914 g/mol. The molecule has 0 aliphatic heterocycles. The van der Waals surface area contributed by atoms with Crippen LogP contribution in [0.5, 0.6) is 0 Å². The van der Waals surface area contributed by atoms with Gasteiger partial charge in [0.05, 0.1) is 19.3 Å². The van der Waals surface area contributed by atoms with Gasteiger partial charge in [0.15, 0.2) is 5.78 Å². The first-order valence-corrected chi connectivity index (χ1v) is 23.1. The second-order valence-corrected chi connectivity index (χ2v) is 23.3. The first-order valence-electron chi connectivity index (χ1n) is 18.8. The van der Waals surface area contributed by atoms with Crippen molar-refractivity contribution in [2.75, 3.05) is 0 Å². The molecule has 1 radical (unpaired) electrons. The van der Waals surface area contributed by atoms with Gasteiger partial charge in [-0.15, -0.1) is 40.5 Å². The van der Waals surface area contributed by atoms with Crippen LogP contribution in [0, 0.1) is 55.4 Å². The van der Waals surface area contributed by atoms with Gasteiger partial charge in [-0.1, -0.05) is 135 Å².